The van der Waals surface area contributed by atoms with Gasteiger partial charge in [-0.25, -0.2) is 0 Å². The highest BCUT2D eigenvalue weighted by molar-refractivity contribution is 5.62. The van der Waals surface area contributed by atoms with Crippen LogP contribution in [0.4, 0.5) is 0 Å². The molecule has 0 saturated carbocycles. The predicted octanol–water partition coefficient (Wildman–Crippen LogP) is 21.1. The Hall–Kier alpha value is -7.92. The summed E-state index contributed by atoms with van der Waals surface area (Å²) in [6.45, 7) is 54.4. The van der Waals surface area contributed by atoms with Gasteiger partial charge in [-0.05, 0) is 177 Å². The minimum atomic E-state index is -0.362. The number of rotatable bonds is 0. The lowest BCUT2D eigenvalue weighted by atomic mass is 9.79. The monoisotopic (exact) mass is 1410 g/mol. The molecule has 0 amide bonds. The van der Waals surface area contributed by atoms with Gasteiger partial charge in [0, 0.05) is 51.4 Å². The van der Waals surface area contributed by atoms with E-state index in [-0.39, 0.29) is 123 Å². The highest BCUT2D eigenvalue weighted by Crippen LogP contribution is 2.47. The molecule has 10 rings (SSSR count). The van der Waals surface area contributed by atoms with Gasteiger partial charge in [-0.2, -0.15) is 0 Å². The van der Waals surface area contributed by atoms with Gasteiger partial charge in [0.25, 0.3) is 0 Å². The summed E-state index contributed by atoms with van der Waals surface area (Å²) >= 11 is 0. The third-order valence-electron chi connectivity index (χ3n) is 21.4. The molecule has 1 heterocycles. The maximum absolute atomic E-state index is 13.2. The van der Waals surface area contributed by atoms with E-state index >= 15 is 0 Å². The number of aromatic hydroxyl groups is 6. The van der Waals surface area contributed by atoms with Crippen molar-refractivity contribution in [1.29, 1.82) is 0 Å². The number of hydrogen-bond acceptors (Lipinski definition) is 10. The number of phenols is 6. The van der Waals surface area contributed by atoms with Crippen LogP contribution in [0.5, 0.6) is 46.0 Å². The molecule has 0 spiro atoms. The Morgan fingerprint density at radius 3 is 0.442 bits per heavy atom. The fourth-order valence-corrected chi connectivity index (χ4v) is 14.4. The molecule has 1 aliphatic heterocycles. The zero-order valence-electron chi connectivity index (χ0n) is 67.5. The zero-order valence-corrected chi connectivity index (χ0v) is 67.5. The number of ether oxygens (including phenoxy) is 4. The van der Waals surface area contributed by atoms with Crippen LogP contribution in [0.2, 0.25) is 0 Å². The highest BCUT2D eigenvalue weighted by Gasteiger charge is 2.32. The van der Waals surface area contributed by atoms with Crippen LogP contribution in [0.1, 0.15) is 300 Å². The van der Waals surface area contributed by atoms with Crippen molar-refractivity contribution in [2.45, 2.75) is 261 Å². The van der Waals surface area contributed by atoms with E-state index in [1.807, 2.05) is 0 Å². The molecule has 558 valence electrons. The molecule has 6 N–H and O–H groups in total. The second-order valence-corrected chi connectivity index (χ2v) is 38.4. The number of phenolic OH excluding ortho intramolecular Hbond substituents is 6. The Kier molecular flexibility index (Phi) is 22.0. The van der Waals surface area contributed by atoms with Crippen molar-refractivity contribution in [2.75, 3.05) is 39.6 Å². The Bertz CT molecular complexity index is 4230. The molecule has 8 aromatic carbocycles. The molecular formula is C94H122O10. The third-order valence-corrected chi connectivity index (χ3v) is 21.4. The van der Waals surface area contributed by atoms with E-state index in [1.54, 1.807) is 0 Å². The van der Waals surface area contributed by atoms with Crippen LogP contribution < -0.4 is 9.47 Å². The Morgan fingerprint density at radius 1 is 0.183 bits per heavy atom. The molecule has 2 aliphatic rings. The van der Waals surface area contributed by atoms with E-state index in [9.17, 15) is 30.6 Å². The van der Waals surface area contributed by atoms with Crippen LogP contribution in [0.25, 0.3) is 0 Å². The smallest absolute Gasteiger partial charge is 0.126 e. The third kappa shape index (κ3) is 18.0. The predicted molar refractivity (Wildman–Crippen MR) is 426 cm³/mol. The van der Waals surface area contributed by atoms with Crippen LogP contribution >= 0.6 is 0 Å². The second-order valence-electron chi connectivity index (χ2n) is 38.4. The summed E-state index contributed by atoms with van der Waals surface area (Å²) < 4.78 is 26.6. The minimum absolute atomic E-state index is 0.0841. The summed E-state index contributed by atoms with van der Waals surface area (Å²) in [5.74, 6) is 2.06. The summed E-state index contributed by atoms with van der Waals surface area (Å²) in [5.41, 5.74) is 17.1. The van der Waals surface area contributed by atoms with Crippen molar-refractivity contribution >= 4 is 0 Å². The van der Waals surface area contributed by atoms with E-state index in [0.29, 0.717) is 113 Å². The summed E-state index contributed by atoms with van der Waals surface area (Å²) in [6.07, 6.45) is 2.04. The van der Waals surface area contributed by atoms with Crippen LogP contribution in [-0.4, -0.2) is 70.3 Å². The topological polar surface area (TPSA) is 158 Å². The van der Waals surface area contributed by atoms with Crippen molar-refractivity contribution in [1.82, 2.24) is 0 Å². The molecule has 1 aliphatic carbocycles. The molecule has 0 atom stereocenters. The van der Waals surface area contributed by atoms with Crippen molar-refractivity contribution in [2.24, 2.45) is 0 Å². The second kappa shape index (κ2) is 29.1. The van der Waals surface area contributed by atoms with Crippen molar-refractivity contribution in [3.63, 3.8) is 0 Å². The molecular weight excluding hydrogens is 1290 g/mol. The first-order chi connectivity index (χ1) is 48.0. The van der Waals surface area contributed by atoms with Gasteiger partial charge in [-0.3, -0.25) is 0 Å². The summed E-state index contributed by atoms with van der Waals surface area (Å²) in [7, 11) is 0. The van der Waals surface area contributed by atoms with Gasteiger partial charge in [-0.1, -0.05) is 263 Å². The molecule has 0 unspecified atom stereocenters. The van der Waals surface area contributed by atoms with Gasteiger partial charge in [0.1, 0.15) is 59.2 Å². The van der Waals surface area contributed by atoms with Gasteiger partial charge in [0.2, 0.25) is 0 Å². The van der Waals surface area contributed by atoms with Crippen LogP contribution in [0.15, 0.2) is 97.1 Å². The molecule has 0 fully saturated rings. The summed E-state index contributed by atoms with van der Waals surface area (Å²) in [5, 5.41) is 78.1. The van der Waals surface area contributed by atoms with Gasteiger partial charge in [0.05, 0.1) is 26.4 Å². The lowest BCUT2D eigenvalue weighted by Gasteiger charge is -2.28. The van der Waals surface area contributed by atoms with Gasteiger partial charge < -0.3 is 49.6 Å². The lowest BCUT2D eigenvalue weighted by Crippen LogP contribution is -2.17. The molecule has 0 saturated heterocycles. The van der Waals surface area contributed by atoms with Crippen molar-refractivity contribution in [3.05, 3.63) is 231 Å². The Balaban J connectivity index is 1.29. The van der Waals surface area contributed by atoms with Crippen LogP contribution in [-0.2, 0) is 104 Å². The van der Waals surface area contributed by atoms with E-state index in [4.69, 9.17) is 18.9 Å². The average molecular weight is 1410 g/mol. The highest BCUT2D eigenvalue weighted by atomic mass is 16.6. The van der Waals surface area contributed by atoms with Gasteiger partial charge in [0.15, 0.2) is 0 Å². The van der Waals surface area contributed by atoms with E-state index < -0.39 is 0 Å². The first kappa shape index (κ1) is 78.7. The molecule has 8 aromatic rings. The SMILES string of the molecule is CC(C)(C)c1cc2c(O)c(c1)Cc1cc(C(C)(C)C)cc(c1O)Cc1cc(C(C)(C)C)cc(c1O)Cc1cc(C(C)(C)C)cc3c1OCCOCCOCCOc1c(cc(C(C)(C)C)cc1C3)Cc1cc(C(C)(C)C)cc(c1O)Cc1cc(C(C)(C)C)cc(c1O)Cc1cc(C(C)(C)C)cc(c1O)C2. The maximum atomic E-state index is 13.2. The summed E-state index contributed by atoms with van der Waals surface area (Å²) in [6, 6.07) is 34.0. The van der Waals surface area contributed by atoms with E-state index in [2.05, 4.69) is 263 Å². The van der Waals surface area contributed by atoms with Gasteiger partial charge in [-0.15, -0.1) is 0 Å². The standard InChI is InChI=1S/C94H122O10/c1-87(2,3)71-39-55-31-56-40-72(88(4,5)6)42-58(80(56)96)33-60-44-74(90(10,11)12)46-62(82(60)98)35-64-48-76(92(16,17)18)50-66(84(64)100)37-68-52-78(94(22,23)24)54-70-38-69-53-77(93(19,20)21)51-67(85(69)103-29-27-101-25-26-102-28-30-104-86(68)70)36-65-49-75(91(13,14)15)47-63(83(65)99)34-61-45-73(89(7,8)9)43-59(81(61)97)32-57(41-71)79(55)95/h39-54,95-100H,25-38H2,1-24H3. The number of benzene rings is 8. The normalized spacial score (nSPS) is 15.3. The van der Waals surface area contributed by atoms with Crippen molar-refractivity contribution in [3.8, 4) is 46.0 Å². The fourth-order valence-electron chi connectivity index (χ4n) is 14.4. The lowest BCUT2D eigenvalue weighted by molar-refractivity contribution is 0.0273. The average Bonchev–Trinajstić information content (AvgIpc) is 0.783. The Labute approximate surface area is 623 Å². The summed E-state index contributed by atoms with van der Waals surface area (Å²) in [4.78, 5) is 0. The molecule has 10 heteroatoms. The fraction of sp³-hybridized carbons (Fsp3) is 0.489. The molecule has 18 bridgehead atoms. The molecule has 104 heavy (non-hydrogen) atoms. The maximum Gasteiger partial charge on any atom is 0.126 e. The quantitative estimate of drug-likeness (QED) is 0.0863. The molecule has 0 radical (unpaired) electrons. The van der Waals surface area contributed by atoms with Crippen LogP contribution in [0.3, 0.4) is 0 Å². The first-order valence-corrected chi connectivity index (χ1v) is 37.9. The number of fused-ring (bicyclic) bond motifs is 12. The van der Waals surface area contributed by atoms with E-state index in [1.165, 1.54) is 0 Å². The zero-order chi connectivity index (χ0) is 76.5. The van der Waals surface area contributed by atoms with Gasteiger partial charge >= 0.3 is 0 Å². The number of hydrogen-bond donors (Lipinski definition) is 6. The Morgan fingerprint density at radius 2 is 0.298 bits per heavy atom. The molecule has 0 aromatic heterocycles. The van der Waals surface area contributed by atoms with Crippen LogP contribution in [0, 0.1) is 0 Å². The van der Waals surface area contributed by atoms with Crippen molar-refractivity contribution < 1.29 is 49.6 Å². The minimum Gasteiger partial charge on any atom is -0.507 e. The largest absolute Gasteiger partial charge is 0.507 e. The van der Waals surface area contributed by atoms with E-state index in [0.717, 1.165) is 77.9 Å². The first-order valence-electron chi connectivity index (χ1n) is 37.9. The molecule has 10 nitrogen and oxygen atoms in total.